The third kappa shape index (κ3) is 6.00. The van der Waals surface area contributed by atoms with Gasteiger partial charge in [-0.05, 0) is 61.4 Å². The Labute approximate surface area is 199 Å². The molecule has 9 heteroatoms. The van der Waals surface area contributed by atoms with Crippen molar-refractivity contribution < 1.29 is 39.2 Å². The van der Waals surface area contributed by atoms with Crippen LogP contribution in [0.1, 0.15) is 69.9 Å². The van der Waals surface area contributed by atoms with Gasteiger partial charge in [-0.25, -0.2) is 4.79 Å². The van der Waals surface area contributed by atoms with E-state index in [2.05, 4.69) is 17.4 Å². The van der Waals surface area contributed by atoms with Gasteiger partial charge >= 0.3 is 18.1 Å². The predicted molar refractivity (Wildman–Crippen MR) is 123 cm³/mol. The average Bonchev–Trinajstić information content (AvgIpc) is 2.77. The SMILES string of the molecule is CC(C)C(OC(=O)O)Oc1ccc2c(c1)[C@@]13CCCC[C@H]1[C@@H](C2)NCC3.O=C(O)CCC(=O)O. The van der Waals surface area contributed by atoms with E-state index < -0.39 is 24.4 Å². The normalized spacial score (nSPS) is 25.6. The summed E-state index contributed by atoms with van der Waals surface area (Å²) in [7, 11) is 0. The number of rotatable bonds is 7. The summed E-state index contributed by atoms with van der Waals surface area (Å²) >= 11 is 0. The van der Waals surface area contributed by atoms with Gasteiger partial charge in [-0.1, -0.05) is 32.8 Å². The van der Waals surface area contributed by atoms with Crippen molar-refractivity contribution in [2.24, 2.45) is 11.8 Å². The van der Waals surface area contributed by atoms with Crippen molar-refractivity contribution in [3.63, 3.8) is 0 Å². The van der Waals surface area contributed by atoms with Gasteiger partial charge in [0, 0.05) is 17.4 Å². The van der Waals surface area contributed by atoms with Crippen LogP contribution in [0.5, 0.6) is 5.75 Å². The molecule has 0 radical (unpaired) electrons. The van der Waals surface area contributed by atoms with E-state index in [0.717, 1.165) is 18.7 Å². The summed E-state index contributed by atoms with van der Waals surface area (Å²) in [4.78, 5) is 30.2. The number of aliphatic carboxylic acids is 2. The van der Waals surface area contributed by atoms with Crippen molar-refractivity contribution in [3.05, 3.63) is 29.3 Å². The summed E-state index contributed by atoms with van der Waals surface area (Å²) in [5, 5.41) is 28.5. The largest absolute Gasteiger partial charge is 0.508 e. The van der Waals surface area contributed by atoms with E-state index in [1.54, 1.807) is 0 Å². The quantitative estimate of drug-likeness (QED) is 0.338. The molecule has 2 aliphatic carbocycles. The lowest BCUT2D eigenvalue weighted by Gasteiger charge is -2.56. The van der Waals surface area contributed by atoms with E-state index in [1.165, 1.54) is 43.2 Å². The molecule has 0 amide bonds. The van der Waals surface area contributed by atoms with Gasteiger partial charge in [0.05, 0.1) is 12.8 Å². The molecule has 34 heavy (non-hydrogen) atoms. The van der Waals surface area contributed by atoms with E-state index in [9.17, 15) is 14.4 Å². The highest BCUT2D eigenvalue weighted by molar-refractivity contribution is 5.75. The molecule has 9 nitrogen and oxygen atoms in total. The van der Waals surface area contributed by atoms with E-state index >= 15 is 0 Å². The van der Waals surface area contributed by atoms with E-state index in [0.29, 0.717) is 12.0 Å². The molecular formula is C25H35NO8. The fraction of sp³-hybridized carbons (Fsp3) is 0.640. The Balaban J connectivity index is 0.000000350. The molecule has 1 heterocycles. The molecule has 4 N–H and O–H groups in total. The van der Waals surface area contributed by atoms with Crippen LogP contribution >= 0.6 is 0 Å². The molecule has 188 valence electrons. The zero-order valence-corrected chi connectivity index (χ0v) is 19.8. The topological polar surface area (TPSA) is 142 Å². The van der Waals surface area contributed by atoms with Gasteiger partial charge in [0.25, 0.3) is 0 Å². The second-order valence-corrected chi connectivity index (χ2v) is 9.74. The highest BCUT2D eigenvalue weighted by atomic mass is 16.8. The molecular weight excluding hydrogens is 442 g/mol. The van der Waals surface area contributed by atoms with Crippen LogP contribution in [-0.4, -0.2) is 52.3 Å². The van der Waals surface area contributed by atoms with Crippen molar-refractivity contribution in [1.82, 2.24) is 5.32 Å². The lowest BCUT2D eigenvalue weighted by atomic mass is 9.53. The molecule has 1 aliphatic heterocycles. The minimum absolute atomic E-state index is 0.0500. The van der Waals surface area contributed by atoms with Crippen molar-refractivity contribution in [2.45, 2.75) is 83.0 Å². The number of ether oxygens (including phenoxy) is 2. The van der Waals surface area contributed by atoms with Crippen molar-refractivity contribution in [3.8, 4) is 5.75 Å². The molecule has 0 aromatic heterocycles. The number of fused-ring (bicyclic) bond motifs is 1. The Kier molecular flexibility index (Phi) is 8.41. The lowest BCUT2D eigenvalue weighted by molar-refractivity contribution is -0.143. The molecule has 4 rings (SSSR count). The summed E-state index contributed by atoms with van der Waals surface area (Å²) in [6.07, 6.45) is 4.78. The molecule has 0 spiro atoms. The second-order valence-electron chi connectivity index (χ2n) is 9.74. The highest BCUT2D eigenvalue weighted by Crippen LogP contribution is 2.54. The number of benzene rings is 1. The van der Waals surface area contributed by atoms with Crippen LogP contribution in [-0.2, 0) is 26.2 Å². The summed E-state index contributed by atoms with van der Waals surface area (Å²) in [6.45, 7) is 4.89. The number of nitrogens with one attached hydrogen (secondary N) is 1. The zero-order valence-electron chi connectivity index (χ0n) is 19.8. The molecule has 3 aliphatic rings. The number of piperidine rings is 1. The van der Waals surface area contributed by atoms with Crippen LogP contribution in [0.25, 0.3) is 0 Å². The van der Waals surface area contributed by atoms with Gasteiger partial charge in [-0.2, -0.15) is 0 Å². The number of carboxylic acids is 2. The van der Waals surface area contributed by atoms with Crippen LogP contribution in [0.3, 0.4) is 0 Å². The summed E-state index contributed by atoms with van der Waals surface area (Å²) in [5.74, 6) is -0.769. The third-order valence-electron chi connectivity index (χ3n) is 7.18. The maximum atomic E-state index is 11.0. The van der Waals surface area contributed by atoms with Crippen LogP contribution in [0.2, 0.25) is 0 Å². The van der Waals surface area contributed by atoms with Crippen molar-refractivity contribution in [1.29, 1.82) is 0 Å². The Hall–Kier alpha value is -2.81. The van der Waals surface area contributed by atoms with Gasteiger partial charge in [0.1, 0.15) is 5.75 Å². The standard InChI is InChI=1S/C21H29NO4.C4H6O4/c1-13(2)19(26-20(23)24)25-15-7-6-14-11-18-16-5-3-4-8-21(16,9-10-22-18)17(14)12-15;5-3(6)1-2-4(7)8/h6-7,12-13,16,18-19,22H,3-5,8-11H2,1-2H3,(H,23,24);1-2H2,(H,5,6)(H,7,8)/t16-,18+,19?,21+;/m0./s1. The van der Waals surface area contributed by atoms with E-state index in [-0.39, 0.29) is 24.2 Å². The maximum Gasteiger partial charge on any atom is 0.508 e. The average molecular weight is 478 g/mol. The zero-order chi connectivity index (χ0) is 24.9. The molecule has 2 bridgehead atoms. The van der Waals surface area contributed by atoms with E-state index in [1.807, 2.05) is 19.9 Å². The van der Waals surface area contributed by atoms with Crippen LogP contribution < -0.4 is 10.1 Å². The number of hydrogen-bond donors (Lipinski definition) is 4. The van der Waals surface area contributed by atoms with Crippen LogP contribution in [0, 0.1) is 11.8 Å². The molecule has 2 fully saturated rings. The Morgan fingerprint density at radius 3 is 2.41 bits per heavy atom. The smallest absolute Gasteiger partial charge is 0.481 e. The van der Waals surface area contributed by atoms with Crippen LogP contribution in [0.4, 0.5) is 4.79 Å². The van der Waals surface area contributed by atoms with Gasteiger partial charge in [0.2, 0.25) is 6.29 Å². The first kappa shape index (κ1) is 25.8. The predicted octanol–water partition coefficient (Wildman–Crippen LogP) is 4.02. The van der Waals surface area contributed by atoms with Gasteiger partial charge in [-0.3, -0.25) is 9.59 Å². The Bertz CT molecular complexity index is 883. The molecule has 4 atom stereocenters. The van der Waals surface area contributed by atoms with Gasteiger partial charge in [-0.15, -0.1) is 0 Å². The van der Waals surface area contributed by atoms with Crippen LogP contribution in [0.15, 0.2) is 18.2 Å². The molecule has 1 saturated carbocycles. The summed E-state index contributed by atoms with van der Waals surface area (Å²) < 4.78 is 10.9. The maximum absolute atomic E-state index is 11.0. The highest BCUT2D eigenvalue weighted by Gasteiger charge is 2.51. The first-order valence-corrected chi connectivity index (χ1v) is 12.0. The second kappa shape index (κ2) is 11.1. The van der Waals surface area contributed by atoms with Gasteiger partial charge < -0.3 is 30.1 Å². The fourth-order valence-corrected chi connectivity index (χ4v) is 5.72. The van der Waals surface area contributed by atoms with Crippen molar-refractivity contribution >= 4 is 18.1 Å². The van der Waals surface area contributed by atoms with Gasteiger partial charge in [0.15, 0.2) is 0 Å². The summed E-state index contributed by atoms with van der Waals surface area (Å²) in [6, 6.07) is 6.92. The molecule has 1 aromatic rings. The lowest BCUT2D eigenvalue weighted by Crippen LogP contribution is -2.59. The van der Waals surface area contributed by atoms with E-state index in [4.69, 9.17) is 24.8 Å². The molecule has 1 aromatic carbocycles. The fourth-order valence-electron chi connectivity index (χ4n) is 5.72. The third-order valence-corrected chi connectivity index (χ3v) is 7.18. The minimum Gasteiger partial charge on any atom is -0.481 e. The Morgan fingerprint density at radius 2 is 1.79 bits per heavy atom. The first-order chi connectivity index (χ1) is 16.1. The summed E-state index contributed by atoms with van der Waals surface area (Å²) in [5.41, 5.74) is 3.13. The van der Waals surface area contributed by atoms with Crippen molar-refractivity contribution in [2.75, 3.05) is 6.54 Å². The molecule has 1 unspecified atom stereocenters. The number of carbonyl (C=O) groups is 3. The number of hydrogen-bond acceptors (Lipinski definition) is 6. The first-order valence-electron chi connectivity index (χ1n) is 12.0. The monoisotopic (exact) mass is 477 g/mol. The minimum atomic E-state index is -1.30. The molecule has 1 saturated heterocycles. The Morgan fingerprint density at radius 1 is 1.09 bits per heavy atom. The number of carboxylic acid groups (broad SMARTS) is 3.